The third-order valence-electron chi connectivity index (χ3n) is 2.39. The molecule has 0 saturated carbocycles. The van der Waals surface area contributed by atoms with E-state index in [1.165, 1.54) is 18.7 Å². The van der Waals surface area contributed by atoms with Crippen molar-refractivity contribution in [2.75, 3.05) is 0 Å². The van der Waals surface area contributed by atoms with Crippen molar-refractivity contribution in [3.05, 3.63) is 58.1 Å². The number of carbonyl (C=O) groups is 1. The summed E-state index contributed by atoms with van der Waals surface area (Å²) in [6.45, 7) is 1.52. The summed E-state index contributed by atoms with van der Waals surface area (Å²) in [7, 11) is 0. The van der Waals surface area contributed by atoms with Gasteiger partial charge in [0.15, 0.2) is 5.78 Å². The molecule has 92 valence electrons. The summed E-state index contributed by atoms with van der Waals surface area (Å²) in [5, 5.41) is 1.25. The minimum atomic E-state index is 0.00573. The number of ketones is 1. The molecule has 0 spiro atoms. The van der Waals surface area contributed by atoms with E-state index in [1.807, 2.05) is 30.3 Å². The fourth-order valence-corrected chi connectivity index (χ4v) is 2.84. The Morgan fingerprint density at radius 1 is 1.00 bits per heavy atom. The molecule has 1 nitrogen and oxygen atoms in total. The van der Waals surface area contributed by atoms with Crippen LogP contribution in [0.25, 0.3) is 0 Å². The predicted molar refractivity (Wildman–Crippen MR) is 77.0 cm³/mol. The number of benzene rings is 2. The number of rotatable bonds is 3. The van der Waals surface area contributed by atoms with E-state index in [0.717, 1.165) is 9.79 Å². The first-order valence-corrected chi connectivity index (χ1v) is 6.88. The lowest BCUT2D eigenvalue weighted by molar-refractivity contribution is 0.101. The highest BCUT2D eigenvalue weighted by molar-refractivity contribution is 7.99. The normalized spacial score (nSPS) is 10.4. The van der Waals surface area contributed by atoms with Crippen molar-refractivity contribution in [2.24, 2.45) is 0 Å². The van der Waals surface area contributed by atoms with E-state index < -0.39 is 0 Å². The van der Waals surface area contributed by atoms with Crippen molar-refractivity contribution in [3.8, 4) is 0 Å². The fraction of sp³-hybridized carbons (Fsp3) is 0.0714. The van der Waals surface area contributed by atoms with Crippen molar-refractivity contribution in [1.29, 1.82) is 0 Å². The minimum Gasteiger partial charge on any atom is -0.295 e. The van der Waals surface area contributed by atoms with Crippen LogP contribution in [0, 0.1) is 0 Å². The Labute approximate surface area is 120 Å². The summed E-state index contributed by atoms with van der Waals surface area (Å²) in [6.07, 6.45) is 0. The second-order valence-corrected chi connectivity index (χ2v) is 5.63. The molecule has 0 radical (unpaired) electrons. The van der Waals surface area contributed by atoms with Crippen molar-refractivity contribution in [2.45, 2.75) is 16.7 Å². The van der Waals surface area contributed by atoms with Gasteiger partial charge in [0.2, 0.25) is 0 Å². The lowest BCUT2D eigenvalue weighted by atomic mass is 10.1. The van der Waals surface area contributed by atoms with E-state index in [4.69, 9.17) is 23.2 Å². The second-order valence-electron chi connectivity index (χ2n) is 3.73. The molecule has 2 aromatic carbocycles. The molecular weight excluding hydrogens is 287 g/mol. The van der Waals surface area contributed by atoms with Gasteiger partial charge in [-0.1, -0.05) is 53.2 Å². The van der Waals surface area contributed by atoms with Gasteiger partial charge in [-0.25, -0.2) is 0 Å². The molecule has 0 unspecified atom stereocenters. The SMILES string of the molecule is CC(=O)c1ccc(Sc2ccccc2Cl)c(Cl)c1. The zero-order valence-corrected chi connectivity index (χ0v) is 11.9. The molecule has 0 bridgehead atoms. The average molecular weight is 297 g/mol. The Morgan fingerprint density at radius 3 is 2.28 bits per heavy atom. The van der Waals surface area contributed by atoms with Crippen LogP contribution < -0.4 is 0 Å². The molecule has 0 heterocycles. The van der Waals surface area contributed by atoms with Crippen molar-refractivity contribution in [3.63, 3.8) is 0 Å². The third-order valence-corrected chi connectivity index (χ3v) is 4.41. The number of hydrogen-bond donors (Lipinski definition) is 0. The highest BCUT2D eigenvalue weighted by atomic mass is 35.5. The minimum absolute atomic E-state index is 0.00573. The number of Topliss-reactive ketones (excluding diaryl/α,β-unsaturated/α-hetero) is 1. The lowest BCUT2D eigenvalue weighted by Crippen LogP contribution is -1.91. The van der Waals surface area contributed by atoms with Gasteiger partial charge in [-0.05, 0) is 31.2 Å². The van der Waals surface area contributed by atoms with Crippen LogP contribution in [0.2, 0.25) is 10.0 Å². The molecular formula is C14H10Cl2OS. The molecule has 2 aromatic rings. The first-order chi connectivity index (χ1) is 8.58. The molecule has 0 saturated heterocycles. The Morgan fingerprint density at radius 2 is 1.67 bits per heavy atom. The highest BCUT2D eigenvalue weighted by Gasteiger charge is 2.08. The molecule has 0 aliphatic carbocycles. The van der Waals surface area contributed by atoms with E-state index in [2.05, 4.69) is 0 Å². The molecule has 0 aliphatic rings. The molecule has 0 aliphatic heterocycles. The zero-order chi connectivity index (χ0) is 13.1. The molecule has 0 fully saturated rings. The summed E-state index contributed by atoms with van der Waals surface area (Å²) in [6, 6.07) is 12.9. The predicted octanol–water partition coefficient (Wildman–Crippen LogP) is 5.35. The van der Waals surface area contributed by atoms with E-state index in [1.54, 1.807) is 12.1 Å². The Bertz CT molecular complexity index is 596. The van der Waals surface area contributed by atoms with Crippen LogP contribution in [-0.2, 0) is 0 Å². The monoisotopic (exact) mass is 296 g/mol. The third kappa shape index (κ3) is 3.08. The van der Waals surface area contributed by atoms with E-state index in [0.29, 0.717) is 15.6 Å². The average Bonchev–Trinajstić information content (AvgIpc) is 2.34. The summed E-state index contributed by atoms with van der Waals surface area (Å²) in [4.78, 5) is 13.1. The molecule has 0 amide bonds. The largest absolute Gasteiger partial charge is 0.295 e. The van der Waals surface area contributed by atoms with E-state index >= 15 is 0 Å². The molecule has 0 atom stereocenters. The van der Waals surface area contributed by atoms with Crippen LogP contribution in [0.3, 0.4) is 0 Å². The maximum Gasteiger partial charge on any atom is 0.159 e. The molecule has 0 aromatic heterocycles. The lowest BCUT2D eigenvalue weighted by Gasteiger charge is -2.06. The maximum atomic E-state index is 11.2. The number of carbonyl (C=O) groups excluding carboxylic acids is 1. The summed E-state index contributed by atoms with van der Waals surface area (Å²) < 4.78 is 0. The van der Waals surface area contributed by atoms with Crippen LogP contribution in [0.1, 0.15) is 17.3 Å². The Balaban J connectivity index is 2.30. The summed E-state index contributed by atoms with van der Waals surface area (Å²) in [5.41, 5.74) is 0.614. The van der Waals surface area contributed by atoms with Gasteiger partial charge in [0.1, 0.15) is 0 Å². The second kappa shape index (κ2) is 5.79. The Hall–Kier alpha value is -0.960. The standard InChI is InChI=1S/C14H10Cl2OS/c1-9(17)10-6-7-14(12(16)8-10)18-13-5-3-2-4-11(13)15/h2-8H,1H3. The van der Waals surface area contributed by atoms with Gasteiger partial charge in [0.05, 0.1) is 10.0 Å². The van der Waals surface area contributed by atoms with Crippen LogP contribution in [0.5, 0.6) is 0 Å². The topological polar surface area (TPSA) is 17.1 Å². The van der Waals surface area contributed by atoms with Crippen LogP contribution in [0.15, 0.2) is 52.3 Å². The van der Waals surface area contributed by atoms with E-state index in [9.17, 15) is 4.79 Å². The number of halogens is 2. The van der Waals surface area contributed by atoms with Crippen LogP contribution >= 0.6 is 35.0 Å². The van der Waals surface area contributed by atoms with Gasteiger partial charge < -0.3 is 0 Å². The van der Waals surface area contributed by atoms with Crippen LogP contribution in [0.4, 0.5) is 0 Å². The molecule has 4 heteroatoms. The van der Waals surface area contributed by atoms with Crippen molar-refractivity contribution in [1.82, 2.24) is 0 Å². The quantitative estimate of drug-likeness (QED) is 0.711. The van der Waals surface area contributed by atoms with Gasteiger partial charge in [0.25, 0.3) is 0 Å². The Kier molecular flexibility index (Phi) is 4.33. The number of hydrogen-bond acceptors (Lipinski definition) is 2. The summed E-state index contributed by atoms with van der Waals surface area (Å²) in [5.74, 6) is 0.00573. The summed E-state index contributed by atoms with van der Waals surface area (Å²) >= 11 is 13.7. The highest BCUT2D eigenvalue weighted by Crippen LogP contribution is 2.37. The van der Waals surface area contributed by atoms with Gasteiger partial charge in [0, 0.05) is 15.4 Å². The van der Waals surface area contributed by atoms with Gasteiger partial charge in [-0.15, -0.1) is 0 Å². The molecule has 18 heavy (non-hydrogen) atoms. The van der Waals surface area contributed by atoms with Crippen molar-refractivity contribution < 1.29 is 4.79 Å². The van der Waals surface area contributed by atoms with Gasteiger partial charge >= 0.3 is 0 Å². The molecule has 0 N–H and O–H groups in total. The first kappa shape index (κ1) is 13.5. The van der Waals surface area contributed by atoms with Crippen molar-refractivity contribution >= 4 is 40.7 Å². The first-order valence-electron chi connectivity index (χ1n) is 5.31. The molecule has 2 rings (SSSR count). The fourth-order valence-electron chi connectivity index (χ4n) is 1.45. The van der Waals surface area contributed by atoms with Gasteiger partial charge in [-0.3, -0.25) is 4.79 Å². The van der Waals surface area contributed by atoms with Gasteiger partial charge in [-0.2, -0.15) is 0 Å². The van der Waals surface area contributed by atoms with Crippen LogP contribution in [-0.4, -0.2) is 5.78 Å². The smallest absolute Gasteiger partial charge is 0.159 e. The van der Waals surface area contributed by atoms with E-state index in [-0.39, 0.29) is 5.78 Å². The maximum absolute atomic E-state index is 11.2. The zero-order valence-electron chi connectivity index (χ0n) is 9.61.